The highest BCUT2D eigenvalue weighted by Gasteiger charge is 2.32. The van der Waals surface area contributed by atoms with E-state index in [-0.39, 0.29) is 11.9 Å². The zero-order valence-electron chi connectivity index (χ0n) is 10.9. The van der Waals surface area contributed by atoms with Crippen LogP contribution in [0.1, 0.15) is 17.2 Å². The molecular weight excluding hydrogens is 240 g/mol. The summed E-state index contributed by atoms with van der Waals surface area (Å²) in [4.78, 5) is 13.9. The van der Waals surface area contributed by atoms with E-state index >= 15 is 0 Å². The number of hydrogen-bond acceptors (Lipinski definition) is 3. The first-order valence-electron chi connectivity index (χ1n) is 6.41. The summed E-state index contributed by atoms with van der Waals surface area (Å²) in [5.74, 6) is 0.181. The van der Waals surface area contributed by atoms with Crippen LogP contribution < -0.4 is 0 Å². The molecule has 0 aliphatic carbocycles. The summed E-state index contributed by atoms with van der Waals surface area (Å²) in [6, 6.07) is 8.39. The molecule has 0 unspecified atom stereocenters. The number of hydrogen-bond donors (Lipinski definition) is 0. The monoisotopic (exact) mass is 256 g/mol. The topological polar surface area (TPSA) is 51.0 Å². The maximum Gasteiger partial charge on any atom is 0.227 e. The van der Waals surface area contributed by atoms with Gasteiger partial charge in [0.05, 0.1) is 18.7 Å². The molecule has 0 N–H and O–H groups in total. The van der Waals surface area contributed by atoms with Crippen LogP contribution in [0, 0.1) is 6.92 Å². The molecule has 1 amide bonds. The molecule has 98 valence electrons. The quantitative estimate of drug-likeness (QED) is 0.829. The summed E-state index contributed by atoms with van der Waals surface area (Å²) in [7, 11) is 0. The molecule has 2 aromatic rings. The van der Waals surface area contributed by atoms with Crippen molar-refractivity contribution < 1.29 is 4.79 Å². The van der Waals surface area contributed by atoms with Gasteiger partial charge in [-0.05, 0) is 12.5 Å². The molecule has 5 heteroatoms. The van der Waals surface area contributed by atoms with Gasteiger partial charge in [0, 0.05) is 19.3 Å². The Labute approximate surface area is 111 Å². The molecule has 1 fully saturated rings. The SMILES string of the molecule is Cc1ccc(CC(=O)N2CC(n3ccnn3)C2)cc1. The van der Waals surface area contributed by atoms with Crippen molar-refractivity contribution in [1.29, 1.82) is 0 Å². The molecule has 1 aromatic carbocycles. The molecule has 3 rings (SSSR count). The third-order valence-corrected chi connectivity index (χ3v) is 3.51. The van der Waals surface area contributed by atoms with Crippen LogP contribution in [0.2, 0.25) is 0 Å². The van der Waals surface area contributed by atoms with E-state index < -0.39 is 0 Å². The van der Waals surface area contributed by atoms with Crippen LogP contribution >= 0.6 is 0 Å². The lowest BCUT2D eigenvalue weighted by molar-refractivity contribution is -0.136. The van der Waals surface area contributed by atoms with Gasteiger partial charge in [-0.25, -0.2) is 4.68 Å². The van der Waals surface area contributed by atoms with Gasteiger partial charge in [-0.2, -0.15) is 0 Å². The van der Waals surface area contributed by atoms with Crippen LogP contribution in [-0.4, -0.2) is 38.9 Å². The van der Waals surface area contributed by atoms with Crippen molar-refractivity contribution >= 4 is 5.91 Å². The molecule has 0 atom stereocenters. The second kappa shape index (κ2) is 4.84. The predicted molar refractivity (Wildman–Crippen MR) is 70.5 cm³/mol. The molecule has 0 saturated carbocycles. The Morgan fingerprint density at radius 2 is 2.05 bits per heavy atom. The van der Waals surface area contributed by atoms with Gasteiger partial charge in [-0.3, -0.25) is 4.79 Å². The third-order valence-electron chi connectivity index (χ3n) is 3.51. The van der Waals surface area contributed by atoms with Crippen molar-refractivity contribution in [2.45, 2.75) is 19.4 Å². The Kier molecular flexibility index (Phi) is 3.03. The highest BCUT2D eigenvalue weighted by atomic mass is 16.2. The number of rotatable bonds is 3. The van der Waals surface area contributed by atoms with Crippen molar-refractivity contribution in [1.82, 2.24) is 19.9 Å². The van der Waals surface area contributed by atoms with E-state index in [9.17, 15) is 4.79 Å². The highest BCUT2D eigenvalue weighted by Crippen LogP contribution is 2.20. The number of aryl methyl sites for hydroxylation is 1. The first-order valence-corrected chi connectivity index (χ1v) is 6.41. The molecule has 2 heterocycles. The largest absolute Gasteiger partial charge is 0.338 e. The van der Waals surface area contributed by atoms with Crippen LogP contribution in [0.25, 0.3) is 0 Å². The van der Waals surface area contributed by atoms with Gasteiger partial charge in [-0.1, -0.05) is 35.0 Å². The lowest BCUT2D eigenvalue weighted by Gasteiger charge is -2.38. The average molecular weight is 256 g/mol. The smallest absolute Gasteiger partial charge is 0.227 e. The Morgan fingerprint density at radius 1 is 1.32 bits per heavy atom. The molecule has 1 aliphatic heterocycles. The first-order chi connectivity index (χ1) is 9.22. The number of nitrogens with zero attached hydrogens (tertiary/aromatic N) is 4. The van der Waals surface area contributed by atoms with Gasteiger partial charge < -0.3 is 4.90 Å². The van der Waals surface area contributed by atoms with Gasteiger partial charge in [0.25, 0.3) is 0 Å². The fourth-order valence-corrected chi connectivity index (χ4v) is 2.23. The third kappa shape index (κ3) is 2.50. The summed E-state index contributed by atoms with van der Waals surface area (Å²) in [5.41, 5.74) is 2.28. The maximum absolute atomic E-state index is 12.1. The first kappa shape index (κ1) is 11.9. The van der Waals surface area contributed by atoms with Crippen molar-refractivity contribution in [3.63, 3.8) is 0 Å². The molecule has 1 aromatic heterocycles. The minimum Gasteiger partial charge on any atom is -0.338 e. The summed E-state index contributed by atoms with van der Waals surface area (Å²) in [6.07, 6.45) is 3.98. The van der Waals surface area contributed by atoms with E-state index in [0.717, 1.165) is 18.7 Å². The lowest BCUT2D eigenvalue weighted by atomic mass is 10.1. The second-order valence-electron chi connectivity index (χ2n) is 5.00. The van der Waals surface area contributed by atoms with Gasteiger partial charge in [0.15, 0.2) is 0 Å². The van der Waals surface area contributed by atoms with Crippen LogP contribution in [0.15, 0.2) is 36.7 Å². The summed E-state index contributed by atoms with van der Waals surface area (Å²) < 4.78 is 1.82. The van der Waals surface area contributed by atoms with Gasteiger partial charge in [0.2, 0.25) is 5.91 Å². The zero-order valence-corrected chi connectivity index (χ0v) is 10.9. The predicted octanol–water partition coefficient (Wildman–Crippen LogP) is 1.21. The Bertz CT molecular complexity index is 556. The minimum absolute atomic E-state index is 0.181. The lowest BCUT2D eigenvalue weighted by Crippen LogP contribution is -2.51. The molecule has 0 bridgehead atoms. The van der Waals surface area contributed by atoms with E-state index in [2.05, 4.69) is 10.3 Å². The van der Waals surface area contributed by atoms with E-state index in [1.54, 1.807) is 6.20 Å². The van der Waals surface area contributed by atoms with Gasteiger partial charge in [0.1, 0.15) is 0 Å². The molecule has 1 aliphatic rings. The minimum atomic E-state index is 0.181. The molecular formula is C14H16N4O. The molecule has 1 saturated heterocycles. The standard InChI is InChI=1S/C14H16N4O/c1-11-2-4-12(5-3-11)8-14(19)17-9-13(10-17)18-7-6-15-16-18/h2-7,13H,8-10H2,1H3. The maximum atomic E-state index is 12.1. The van der Waals surface area contributed by atoms with Crippen molar-refractivity contribution in [2.75, 3.05) is 13.1 Å². The molecule has 0 radical (unpaired) electrons. The fourth-order valence-electron chi connectivity index (χ4n) is 2.23. The van der Waals surface area contributed by atoms with Gasteiger partial charge >= 0.3 is 0 Å². The Hall–Kier alpha value is -2.17. The van der Waals surface area contributed by atoms with Crippen LogP contribution in [0.4, 0.5) is 0 Å². The number of benzene rings is 1. The zero-order chi connectivity index (χ0) is 13.2. The van der Waals surface area contributed by atoms with E-state index in [1.807, 2.05) is 47.0 Å². The van der Waals surface area contributed by atoms with Crippen molar-refractivity contribution in [3.05, 3.63) is 47.8 Å². The normalized spacial score (nSPS) is 15.3. The van der Waals surface area contributed by atoms with E-state index in [0.29, 0.717) is 6.42 Å². The number of aromatic nitrogens is 3. The molecule has 5 nitrogen and oxygen atoms in total. The van der Waals surface area contributed by atoms with Crippen molar-refractivity contribution in [3.8, 4) is 0 Å². The highest BCUT2D eigenvalue weighted by molar-refractivity contribution is 5.79. The summed E-state index contributed by atoms with van der Waals surface area (Å²) in [6.45, 7) is 3.51. The molecule has 19 heavy (non-hydrogen) atoms. The average Bonchev–Trinajstić information content (AvgIpc) is 2.84. The fraction of sp³-hybridized carbons (Fsp3) is 0.357. The van der Waals surface area contributed by atoms with Gasteiger partial charge in [-0.15, -0.1) is 5.10 Å². The van der Waals surface area contributed by atoms with Crippen molar-refractivity contribution in [2.24, 2.45) is 0 Å². The Morgan fingerprint density at radius 3 is 2.68 bits per heavy atom. The summed E-state index contributed by atoms with van der Waals surface area (Å²) in [5, 5.41) is 7.73. The molecule has 0 spiro atoms. The van der Waals surface area contributed by atoms with E-state index in [4.69, 9.17) is 0 Å². The summed E-state index contributed by atoms with van der Waals surface area (Å²) >= 11 is 0. The number of amides is 1. The van der Waals surface area contributed by atoms with Crippen LogP contribution in [-0.2, 0) is 11.2 Å². The van der Waals surface area contributed by atoms with E-state index in [1.165, 1.54) is 5.56 Å². The number of carbonyl (C=O) groups excluding carboxylic acids is 1. The number of carbonyl (C=O) groups is 1. The van der Waals surface area contributed by atoms with Crippen LogP contribution in [0.5, 0.6) is 0 Å². The van der Waals surface area contributed by atoms with Crippen LogP contribution in [0.3, 0.4) is 0 Å². The second-order valence-corrected chi connectivity index (χ2v) is 5.00. The number of likely N-dealkylation sites (tertiary alicyclic amines) is 1. The Balaban J connectivity index is 1.54.